The largest absolute Gasteiger partial charge is 0.493 e. The molecule has 0 bridgehead atoms. The van der Waals surface area contributed by atoms with Crippen LogP contribution < -0.4 is 20.3 Å². The van der Waals surface area contributed by atoms with Crippen molar-refractivity contribution in [3.05, 3.63) is 93.5 Å². The number of H-pyrrole nitrogens is 1. The van der Waals surface area contributed by atoms with Crippen molar-refractivity contribution >= 4 is 56.8 Å². The van der Waals surface area contributed by atoms with Gasteiger partial charge in [-0.15, -0.1) is 0 Å². The molecule has 1 amide bonds. The van der Waals surface area contributed by atoms with Crippen molar-refractivity contribution in [3.8, 4) is 11.5 Å². The van der Waals surface area contributed by atoms with Gasteiger partial charge < -0.3 is 19.8 Å². The van der Waals surface area contributed by atoms with Crippen LogP contribution in [0, 0.1) is 0 Å². The molecule has 1 heterocycles. The van der Waals surface area contributed by atoms with Crippen LogP contribution in [0.15, 0.2) is 71.5 Å². The van der Waals surface area contributed by atoms with Crippen molar-refractivity contribution in [2.45, 2.75) is 0 Å². The second-order valence-electron chi connectivity index (χ2n) is 7.15. The minimum absolute atomic E-state index is 0.236. The van der Waals surface area contributed by atoms with Crippen LogP contribution in [-0.2, 0) is 4.79 Å². The molecule has 0 aliphatic rings. The van der Waals surface area contributed by atoms with E-state index in [0.29, 0.717) is 38.7 Å². The van der Waals surface area contributed by atoms with E-state index < -0.39 is 0 Å². The molecule has 4 rings (SSSR count). The second-order valence-corrected chi connectivity index (χ2v) is 7.97. The Balaban J connectivity index is 1.49. The quantitative estimate of drug-likeness (QED) is 0.360. The molecule has 7 nitrogen and oxygen atoms in total. The summed E-state index contributed by atoms with van der Waals surface area (Å²) in [6.07, 6.45) is 1.64. The number of anilines is 1. The van der Waals surface area contributed by atoms with Gasteiger partial charge in [-0.3, -0.25) is 9.59 Å². The number of methoxy groups -OCH3 is 1. The Bertz CT molecular complexity index is 1450. The maximum atomic E-state index is 12.3. The van der Waals surface area contributed by atoms with Gasteiger partial charge in [-0.05, 0) is 48.0 Å². The van der Waals surface area contributed by atoms with Gasteiger partial charge in [0.05, 0.1) is 33.8 Å². The summed E-state index contributed by atoms with van der Waals surface area (Å²) in [7, 11) is 1.49. The number of hydrogen-bond acceptors (Lipinski definition) is 5. The monoisotopic (exact) mass is 495 g/mol. The normalized spacial score (nSPS) is 11.3. The van der Waals surface area contributed by atoms with Gasteiger partial charge in [0.1, 0.15) is 0 Å². The number of ether oxygens (including phenoxy) is 2. The molecule has 172 valence electrons. The zero-order valence-corrected chi connectivity index (χ0v) is 19.5. The number of nitrogens with zero attached hydrogens (tertiary/aromatic N) is 1. The number of aromatic nitrogens is 2. The summed E-state index contributed by atoms with van der Waals surface area (Å²) in [5.74, 6) is 0.667. The summed E-state index contributed by atoms with van der Waals surface area (Å²) >= 11 is 12.5. The Morgan fingerprint density at radius 3 is 2.65 bits per heavy atom. The van der Waals surface area contributed by atoms with Crippen molar-refractivity contribution in [1.82, 2.24) is 9.97 Å². The summed E-state index contributed by atoms with van der Waals surface area (Å²) in [4.78, 5) is 31.6. The van der Waals surface area contributed by atoms with Crippen molar-refractivity contribution in [2.24, 2.45) is 0 Å². The van der Waals surface area contributed by atoms with Crippen LogP contribution in [-0.4, -0.2) is 29.6 Å². The molecule has 1 aromatic heterocycles. The second kappa shape index (κ2) is 10.4. The van der Waals surface area contributed by atoms with Crippen LogP contribution in [0.25, 0.3) is 22.0 Å². The minimum atomic E-state index is -0.367. The van der Waals surface area contributed by atoms with Gasteiger partial charge in [-0.2, -0.15) is 0 Å². The zero-order chi connectivity index (χ0) is 24.1. The Labute approximate surface area is 205 Å². The lowest BCUT2D eigenvalue weighted by atomic mass is 10.2. The number of rotatable bonds is 7. The number of carbonyl (C=O) groups excluding carboxylic acids is 1. The summed E-state index contributed by atoms with van der Waals surface area (Å²) < 4.78 is 11.0. The van der Waals surface area contributed by atoms with E-state index in [2.05, 4.69) is 15.3 Å². The van der Waals surface area contributed by atoms with Gasteiger partial charge in [0, 0.05) is 0 Å². The topological polar surface area (TPSA) is 93.3 Å². The summed E-state index contributed by atoms with van der Waals surface area (Å²) in [5, 5.41) is 3.86. The van der Waals surface area contributed by atoms with E-state index in [1.54, 1.807) is 72.8 Å². The summed E-state index contributed by atoms with van der Waals surface area (Å²) in [6.45, 7) is -0.236. The SMILES string of the molecule is COc1cc(/C=C(\Cl)c2nc3ccccc3c(=O)[nH]2)ccc1OCC(=O)Nc1ccccc1Cl. The van der Waals surface area contributed by atoms with Gasteiger partial charge in [0.25, 0.3) is 11.5 Å². The molecule has 34 heavy (non-hydrogen) atoms. The van der Waals surface area contributed by atoms with E-state index in [1.165, 1.54) is 7.11 Å². The molecule has 0 aliphatic carbocycles. The first-order valence-corrected chi connectivity index (χ1v) is 10.9. The molecular formula is C25H19Cl2N3O4. The van der Waals surface area contributed by atoms with Gasteiger partial charge >= 0.3 is 0 Å². The van der Waals surface area contributed by atoms with E-state index in [9.17, 15) is 9.59 Å². The fourth-order valence-corrected chi connectivity index (χ4v) is 3.60. The van der Waals surface area contributed by atoms with E-state index >= 15 is 0 Å². The average molecular weight is 496 g/mol. The lowest BCUT2D eigenvalue weighted by Gasteiger charge is -2.12. The van der Waals surface area contributed by atoms with Crippen LogP contribution in [0.5, 0.6) is 11.5 Å². The molecule has 3 aromatic carbocycles. The Hall–Kier alpha value is -3.81. The average Bonchev–Trinajstić information content (AvgIpc) is 2.84. The number of halogens is 2. The highest BCUT2D eigenvalue weighted by molar-refractivity contribution is 6.50. The smallest absolute Gasteiger partial charge is 0.262 e. The van der Waals surface area contributed by atoms with E-state index in [-0.39, 0.29) is 28.9 Å². The number of benzene rings is 3. The highest BCUT2D eigenvalue weighted by atomic mass is 35.5. The first-order chi connectivity index (χ1) is 16.4. The minimum Gasteiger partial charge on any atom is -0.493 e. The predicted octanol–water partition coefficient (Wildman–Crippen LogP) is 5.34. The number of hydrogen-bond donors (Lipinski definition) is 2. The third kappa shape index (κ3) is 5.39. The Morgan fingerprint density at radius 1 is 1.09 bits per heavy atom. The highest BCUT2D eigenvalue weighted by Gasteiger charge is 2.11. The molecule has 4 aromatic rings. The van der Waals surface area contributed by atoms with Gasteiger partial charge in [-0.1, -0.05) is 53.5 Å². The molecule has 9 heteroatoms. The molecule has 0 aliphatic heterocycles. The highest BCUT2D eigenvalue weighted by Crippen LogP contribution is 2.30. The maximum absolute atomic E-state index is 12.3. The number of para-hydroxylation sites is 2. The van der Waals surface area contributed by atoms with Crippen molar-refractivity contribution < 1.29 is 14.3 Å². The maximum Gasteiger partial charge on any atom is 0.262 e. The molecule has 0 radical (unpaired) electrons. The van der Waals surface area contributed by atoms with Gasteiger partial charge in [-0.25, -0.2) is 4.98 Å². The Morgan fingerprint density at radius 2 is 1.85 bits per heavy atom. The van der Waals surface area contributed by atoms with Crippen LogP contribution in [0.2, 0.25) is 5.02 Å². The van der Waals surface area contributed by atoms with Crippen molar-refractivity contribution in [3.63, 3.8) is 0 Å². The van der Waals surface area contributed by atoms with Crippen LogP contribution >= 0.6 is 23.2 Å². The van der Waals surface area contributed by atoms with Gasteiger partial charge in [0.15, 0.2) is 23.9 Å². The third-order valence-electron chi connectivity index (χ3n) is 4.83. The van der Waals surface area contributed by atoms with E-state index in [0.717, 1.165) is 0 Å². The standard InChI is InChI=1S/C25H19Cl2N3O4/c1-33-22-13-15(12-18(27)24-29-19-8-4-2-6-16(19)25(32)30-24)10-11-21(22)34-14-23(31)28-20-9-5-3-7-17(20)26/h2-13H,14H2,1H3,(H,28,31)(H,29,30,32)/b18-12-. The number of aromatic amines is 1. The summed E-state index contributed by atoms with van der Waals surface area (Å²) in [5.41, 5.74) is 1.46. The molecule has 0 saturated heterocycles. The van der Waals surface area contributed by atoms with E-state index in [4.69, 9.17) is 32.7 Å². The number of fused-ring (bicyclic) bond motifs is 1. The fraction of sp³-hybridized carbons (Fsp3) is 0.0800. The molecule has 0 spiro atoms. The van der Waals surface area contributed by atoms with Crippen LogP contribution in [0.1, 0.15) is 11.4 Å². The van der Waals surface area contributed by atoms with Crippen LogP contribution in [0.4, 0.5) is 5.69 Å². The predicted molar refractivity (Wildman–Crippen MR) is 135 cm³/mol. The van der Waals surface area contributed by atoms with Crippen molar-refractivity contribution in [2.75, 3.05) is 19.0 Å². The summed E-state index contributed by atoms with van der Waals surface area (Å²) in [6, 6.07) is 19.0. The lowest BCUT2D eigenvalue weighted by Crippen LogP contribution is -2.20. The van der Waals surface area contributed by atoms with E-state index in [1.807, 2.05) is 0 Å². The fourth-order valence-electron chi connectivity index (χ4n) is 3.20. The molecule has 0 fully saturated rings. The lowest BCUT2D eigenvalue weighted by molar-refractivity contribution is -0.118. The molecule has 0 saturated carbocycles. The molecule has 0 atom stereocenters. The van der Waals surface area contributed by atoms with Crippen LogP contribution in [0.3, 0.4) is 0 Å². The number of amides is 1. The molecule has 2 N–H and O–H groups in total. The first kappa shape index (κ1) is 23.4. The molecular weight excluding hydrogens is 477 g/mol. The number of carbonyl (C=O) groups is 1. The number of nitrogens with one attached hydrogen (secondary N) is 2. The first-order valence-electron chi connectivity index (χ1n) is 10.2. The molecule has 0 unspecified atom stereocenters. The zero-order valence-electron chi connectivity index (χ0n) is 18.0. The third-order valence-corrected chi connectivity index (χ3v) is 5.44. The van der Waals surface area contributed by atoms with Crippen molar-refractivity contribution in [1.29, 1.82) is 0 Å². The van der Waals surface area contributed by atoms with Gasteiger partial charge in [0.2, 0.25) is 0 Å². The Kier molecular flexibility index (Phi) is 7.15.